The van der Waals surface area contributed by atoms with E-state index in [0.29, 0.717) is 12.1 Å². The summed E-state index contributed by atoms with van der Waals surface area (Å²) in [4.78, 5) is 23.1. The van der Waals surface area contributed by atoms with Crippen molar-refractivity contribution in [1.29, 1.82) is 0 Å². The normalized spacial score (nSPS) is 10.4. The molecule has 0 unspecified atom stereocenters. The van der Waals surface area contributed by atoms with Gasteiger partial charge >= 0.3 is 0 Å². The summed E-state index contributed by atoms with van der Waals surface area (Å²) in [5.74, 6) is -3.39. The highest BCUT2D eigenvalue weighted by Crippen LogP contribution is 2.23. The van der Waals surface area contributed by atoms with Crippen molar-refractivity contribution >= 4 is 34.8 Å². The lowest BCUT2D eigenvalue weighted by molar-refractivity contribution is -0.385. The second kappa shape index (κ2) is 7.35. The Morgan fingerprint density at radius 1 is 1.20 bits per heavy atom. The van der Waals surface area contributed by atoms with E-state index in [1.165, 1.54) is 0 Å². The fraction of sp³-hybridized carbons (Fsp3) is 0.364. The first kappa shape index (κ1) is 16.6. The zero-order chi connectivity index (χ0) is 15.3. The highest BCUT2D eigenvalue weighted by molar-refractivity contribution is 6.18. The van der Waals surface area contributed by atoms with Crippen LogP contribution in [0.1, 0.15) is 10.4 Å². The van der Waals surface area contributed by atoms with Crippen LogP contribution in [0.15, 0.2) is 12.1 Å². The van der Waals surface area contributed by atoms with Crippen molar-refractivity contribution in [3.05, 3.63) is 39.4 Å². The number of nitrogens with zero attached hydrogens (tertiary/aromatic N) is 2. The molecule has 0 N–H and O–H groups in total. The molecule has 0 aliphatic carbocycles. The van der Waals surface area contributed by atoms with Gasteiger partial charge in [-0.15, -0.1) is 23.2 Å². The third-order valence-corrected chi connectivity index (χ3v) is 2.80. The summed E-state index contributed by atoms with van der Waals surface area (Å²) >= 11 is 11.0. The molecule has 1 amide bonds. The summed E-state index contributed by atoms with van der Waals surface area (Å²) in [6.45, 7) is 0.173. The average Bonchev–Trinajstić information content (AvgIpc) is 2.40. The highest BCUT2D eigenvalue weighted by Gasteiger charge is 2.27. The fourth-order valence-electron chi connectivity index (χ4n) is 1.55. The van der Waals surface area contributed by atoms with E-state index in [1.54, 1.807) is 0 Å². The van der Waals surface area contributed by atoms with Gasteiger partial charge in [-0.3, -0.25) is 14.9 Å². The quantitative estimate of drug-likeness (QED) is 0.458. The van der Waals surface area contributed by atoms with Crippen molar-refractivity contribution in [2.75, 3.05) is 24.8 Å². The van der Waals surface area contributed by atoms with Gasteiger partial charge in [0.1, 0.15) is 5.56 Å². The Bertz CT molecular complexity index is 523. The Morgan fingerprint density at radius 2 is 1.70 bits per heavy atom. The van der Waals surface area contributed by atoms with E-state index >= 15 is 0 Å². The van der Waals surface area contributed by atoms with Gasteiger partial charge in [-0.05, 0) is 6.07 Å². The summed E-state index contributed by atoms with van der Waals surface area (Å²) in [7, 11) is 0. The smallest absolute Gasteiger partial charge is 0.285 e. The lowest BCUT2D eigenvalue weighted by Gasteiger charge is -2.20. The van der Waals surface area contributed by atoms with Gasteiger partial charge in [0, 0.05) is 24.8 Å². The summed E-state index contributed by atoms with van der Waals surface area (Å²) in [5.41, 5.74) is -1.34. The van der Waals surface area contributed by atoms with Gasteiger partial charge in [0.25, 0.3) is 11.6 Å². The molecule has 110 valence electrons. The van der Waals surface area contributed by atoms with Crippen LogP contribution >= 0.6 is 23.2 Å². The Kier molecular flexibility index (Phi) is 6.09. The lowest BCUT2D eigenvalue weighted by atomic mass is 10.1. The van der Waals surface area contributed by atoms with Gasteiger partial charge in [-0.1, -0.05) is 0 Å². The maximum Gasteiger partial charge on any atom is 0.285 e. The molecule has 1 rings (SSSR count). The Balaban J connectivity index is 3.25. The zero-order valence-corrected chi connectivity index (χ0v) is 11.6. The summed E-state index contributed by atoms with van der Waals surface area (Å²) in [5, 5.41) is 10.8. The number of alkyl halides is 2. The Hall–Kier alpha value is -1.47. The molecular weight excluding hydrogens is 317 g/mol. The minimum absolute atomic E-state index is 0.0834. The van der Waals surface area contributed by atoms with Gasteiger partial charge in [0.05, 0.1) is 11.0 Å². The SMILES string of the molecule is O=C(c1cc(F)c(F)cc1[N+](=O)[O-])N(CCCl)CCCl. The number of benzene rings is 1. The molecule has 1 aromatic rings. The van der Waals surface area contributed by atoms with Crippen LogP contribution in [0.5, 0.6) is 0 Å². The van der Waals surface area contributed by atoms with Gasteiger partial charge < -0.3 is 4.90 Å². The number of carbonyl (C=O) groups is 1. The summed E-state index contributed by atoms with van der Waals surface area (Å²) < 4.78 is 26.2. The van der Waals surface area contributed by atoms with Crippen LogP contribution in [-0.2, 0) is 0 Å². The van der Waals surface area contributed by atoms with Crippen LogP contribution in [0.3, 0.4) is 0 Å². The van der Waals surface area contributed by atoms with Crippen molar-refractivity contribution < 1.29 is 18.5 Å². The number of nitro groups is 1. The average molecular weight is 327 g/mol. The molecule has 0 aromatic heterocycles. The molecule has 0 saturated heterocycles. The molecule has 0 aliphatic rings. The van der Waals surface area contributed by atoms with Crippen LogP contribution in [0, 0.1) is 21.7 Å². The van der Waals surface area contributed by atoms with Crippen LogP contribution < -0.4 is 0 Å². The van der Waals surface area contributed by atoms with E-state index in [0.717, 1.165) is 4.90 Å². The van der Waals surface area contributed by atoms with Gasteiger partial charge in [0.2, 0.25) is 0 Å². The predicted molar refractivity (Wildman–Crippen MR) is 70.4 cm³/mol. The summed E-state index contributed by atoms with van der Waals surface area (Å²) in [6, 6.07) is 0.882. The molecule has 0 fully saturated rings. The Labute approximate surface area is 123 Å². The molecule has 5 nitrogen and oxygen atoms in total. The highest BCUT2D eigenvalue weighted by atomic mass is 35.5. The van der Waals surface area contributed by atoms with E-state index in [-0.39, 0.29) is 24.8 Å². The van der Waals surface area contributed by atoms with E-state index < -0.39 is 33.7 Å². The molecule has 9 heteroatoms. The molecule has 0 aliphatic heterocycles. The standard InChI is InChI=1S/C11H10Cl2F2N2O3/c12-1-3-16(4-2-13)11(18)7-5-8(14)9(15)6-10(7)17(19)20/h5-6H,1-4H2. The van der Waals surface area contributed by atoms with E-state index in [9.17, 15) is 23.7 Å². The van der Waals surface area contributed by atoms with Crippen molar-refractivity contribution in [2.24, 2.45) is 0 Å². The molecule has 0 spiro atoms. The molecule has 0 bridgehead atoms. The maximum atomic E-state index is 13.2. The van der Waals surface area contributed by atoms with Crippen LogP contribution in [0.2, 0.25) is 0 Å². The van der Waals surface area contributed by atoms with Crippen molar-refractivity contribution in [2.45, 2.75) is 0 Å². The van der Waals surface area contributed by atoms with Gasteiger partial charge in [0.15, 0.2) is 11.6 Å². The van der Waals surface area contributed by atoms with Crippen molar-refractivity contribution in [1.82, 2.24) is 4.90 Å². The monoisotopic (exact) mass is 326 g/mol. The number of hydrogen-bond acceptors (Lipinski definition) is 3. The largest absolute Gasteiger partial charge is 0.336 e. The molecule has 20 heavy (non-hydrogen) atoms. The zero-order valence-electron chi connectivity index (χ0n) is 10.1. The molecule has 0 radical (unpaired) electrons. The lowest BCUT2D eigenvalue weighted by Crippen LogP contribution is -2.35. The first-order valence-electron chi connectivity index (χ1n) is 5.47. The number of carbonyl (C=O) groups excluding carboxylic acids is 1. The number of amides is 1. The molecule has 0 atom stereocenters. The first-order valence-corrected chi connectivity index (χ1v) is 6.54. The third-order valence-electron chi connectivity index (χ3n) is 2.46. The number of halogens is 4. The van der Waals surface area contributed by atoms with E-state index in [4.69, 9.17) is 23.2 Å². The molecular formula is C11H10Cl2F2N2O3. The van der Waals surface area contributed by atoms with Crippen LogP contribution in [-0.4, -0.2) is 40.6 Å². The number of rotatable bonds is 6. The predicted octanol–water partition coefficient (Wildman–Crippen LogP) is 2.79. The molecule has 0 saturated carbocycles. The van der Waals surface area contributed by atoms with Gasteiger partial charge in [-0.2, -0.15) is 0 Å². The van der Waals surface area contributed by atoms with Gasteiger partial charge in [-0.25, -0.2) is 8.78 Å². The number of hydrogen-bond donors (Lipinski definition) is 0. The minimum atomic E-state index is -1.39. The molecule has 1 aromatic carbocycles. The van der Waals surface area contributed by atoms with Crippen molar-refractivity contribution in [3.63, 3.8) is 0 Å². The van der Waals surface area contributed by atoms with E-state index in [2.05, 4.69) is 0 Å². The second-order valence-corrected chi connectivity index (χ2v) is 4.47. The third kappa shape index (κ3) is 3.77. The topological polar surface area (TPSA) is 63.4 Å². The first-order chi connectivity index (χ1) is 9.42. The molecule has 0 heterocycles. The fourth-order valence-corrected chi connectivity index (χ4v) is 1.96. The second-order valence-electron chi connectivity index (χ2n) is 3.71. The van der Waals surface area contributed by atoms with Crippen molar-refractivity contribution in [3.8, 4) is 0 Å². The maximum absolute atomic E-state index is 13.2. The summed E-state index contributed by atoms with van der Waals surface area (Å²) in [6.07, 6.45) is 0. The van der Waals surface area contributed by atoms with Crippen LogP contribution in [0.25, 0.3) is 0 Å². The number of nitro benzene ring substituents is 1. The van der Waals surface area contributed by atoms with Crippen LogP contribution in [0.4, 0.5) is 14.5 Å². The van der Waals surface area contributed by atoms with E-state index in [1.807, 2.05) is 0 Å². The Morgan fingerprint density at radius 3 is 2.15 bits per heavy atom. The minimum Gasteiger partial charge on any atom is -0.336 e.